The van der Waals surface area contributed by atoms with Crippen LogP contribution in [0.15, 0.2) is 12.0 Å². The summed E-state index contributed by atoms with van der Waals surface area (Å²) in [5, 5.41) is 2.42. The van der Waals surface area contributed by atoms with E-state index in [0.717, 1.165) is 0 Å². The lowest BCUT2D eigenvalue weighted by Gasteiger charge is -2.27. The maximum atomic E-state index is 12.5. The molecule has 6 heteroatoms. The lowest BCUT2D eigenvalue weighted by molar-refractivity contribution is -0.156. The van der Waals surface area contributed by atoms with Crippen LogP contribution in [0.25, 0.3) is 0 Å². The Hall–Kier alpha value is -0.750. The second-order valence-corrected chi connectivity index (χ2v) is 1.99. The molecule has 0 amide bonds. The Labute approximate surface area is 61.4 Å². The van der Waals surface area contributed by atoms with E-state index in [9.17, 15) is 13.2 Å². The fourth-order valence-corrected chi connectivity index (χ4v) is 0.677. The summed E-state index contributed by atoms with van der Waals surface area (Å²) in [6, 6.07) is -3.28. The summed E-state index contributed by atoms with van der Waals surface area (Å²) < 4.78 is 37.0. The molecule has 0 bridgehead atoms. The van der Waals surface area contributed by atoms with Crippen LogP contribution in [-0.4, -0.2) is 24.9 Å². The van der Waals surface area contributed by atoms with E-state index >= 15 is 0 Å². The molecule has 0 aromatic heterocycles. The van der Waals surface area contributed by atoms with Crippen LogP contribution in [-0.2, 0) is 4.84 Å². The highest BCUT2D eigenvalue weighted by molar-refractivity contribution is 5.01. The van der Waals surface area contributed by atoms with Crippen molar-refractivity contribution >= 4 is 0 Å². The highest BCUT2D eigenvalue weighted by Gasteiger charge is 2.33. The van der Waals surface area contributed by atoms with E-state index < -0.39 is 12.0 Å². The summed E-state index contributed by atoms with van der Waals surface area (Å²) in [5.74, 6) is -1.09. The lowest BCUT2D eigenvalue weighted by Crippen LogP contribution is -2.46. The molecule has 0 spiro atoms. The van der Waals surface area contributed by atoms with Crippen molar-refractivity contribution in [3.8, 4) is 0 Å². The first-order chi connectivity index (χ1) is 5.05. The van der Waals surface area contributed by atoms with Crippen LogP contribution in [0, 0.1) is 0 Å². The number of hydrogen-bond donors (Lipinski definition) is 1. The zero-order valence-electron chi connectivity index (χ0n) is 5.77. The first-order valence-corrected chi connectivity index (χ1v) is 2.88. The van der Waals surface area contributed by atoms with Crippen LogP contribution in [0.1, 0.15) is 0 Å². The minimum Gasteiger partial charge on any atom is -0.273 e. The molecule has 1 heterocycles. The molecule has 1 rings (SSSR count). The molecule has 11 heavy (non-hydrogen) atoms. The zero-order valence-corrected chi connectivity index (χ0v) is 5.77. The normalized spacial score (nSPS) is 23.3. The minimum absolute atomic E-state index is 0.153. The fraction of sp³-hybridized carbons (Fsp3) is 0.600. The van der Waals surface area contributed by atoms with Gasteiger partial charge in [-0.1, -0.05) is 0 Å². The zero-order chi connectivity index (χ0) is 8.48. The van der Waals surface area contributed by atoms with Gasteiger partial charge in [0.1, 0.15) is 6.67 Å². The van der Waals surface area contributed by atoms with E-state index in [1.165, 1.54) is 7.11 Å². The quantitative estimate of drug-likeness (QED) is 0.586. The molecule has 64 valence electrons. The Morgan fingerprint density at radius 3 is 2.82 bits per heavy atom. The third kappa shape index (κ3) is 1.84. The summed E-state index contributed by atoms with van der Waals surface area (Å²) in [7, 11) is 1.19. The van der Waals surface area contributed by atoms with Crippen LogP contribution in [0.2, 0.25) is 0 Å². The van der Waals surface area contributed by atoms with Gasteiger partial charge in [-0.15, -0.1) is 0 Å². The average Bonchev–Trinajstić information content (AvgIpc) is 1.86. The van der Waals surface area contributed by atoms with E-state index in [1.807, 2.05) is 0 Å². The van der Waals surface area contributed by atoms with Crippen molar-refractivity contribution in [1.29, 1.82) is 0 Å². The monoisotopic (exact) mass is 168 g/mol. The number of nitrogens with zero attached hydrogens (tertiary/aromatic N) is 1. The van der Waals surface area contributed by atoms with Crippen LogP contribution in [0.5, 0.6) is 0 Å². The third-order valence-corrected chi connectivity index (χ3v) is 1.22. The minimum atomic E-state index is -3.28. The maximum Gasteiger partial charge on any atom is 0.328 e. The molecular weight excluding hydrogens is 161 g/mol. The van der Waals surface area contributed by atoms with Gasteiger partial charge in [0.15, 0.2) is 0 Å². The maximum absolute atomic E-state index is 12.5. The van der Waals surface area contributed by atoms with Gasteiger partial charge in [0.25, 0.3) is 0 Å². The molecule has 1 aliphatic heterocycles. The Morgan fingerprint density at radius 2 is 2.36 bits per heavy atom. The van der Waals surface area contributed by atoms with E-state index in [-0.39, 0.29) is 12.7 Å². The molecule has 0 radical (unpaired) electrons. The van der Waals surface area contributed by atoms with Crippen LogP contribution in [0.4, 0.5) is 13.2 Å². The number of hydroxylamine groups is 2. The van der Waals surface area contributed by atoms with E-state index in [2.05, 4.69) is 4.84 Å². The molecule has 1 N–H and O–H groups in total. The van der Waals surface area contributed by atoms with Crippen LogP contribution in [0.3, 0.4) is 0 Å². The largest absolute Gasteiger partial charge is 0.328 e. The fourth-order valence-electron chi connectivity index (χ4n) is 0.677. The third-order valence-electron chi connectivity index (χ3n) is 1.22. The van der Waals surface area contributed by atoms with Gasteiger partial charge in [0.05, 0.1) is 13.2 Å². The second kappa shape index (κ2) is 2.71. The molecule has 0 saturated heterocycles. The SMILES string of the molecule is CON1CNC(F)(F)C=C1F. The predicted octanol–water partition coefficient (Wildman–Crippen LogP) is 0.814. The van der Waals surface area contributed by atoms with Crippen molar-refractivity contribution in [2.45, 2.75) is 6.05 Å². The number of hydrogen-bond acceptors (Lipinski definition) is 3. The van der Waals surface area contributed by atoms with Crippen molar-refractivity contribution < 1.29 is 18.0 Å². The van der Waals surface area contributed by atoms with Crippen molar-refractivity contribution in [1.82, 2.24) is 10.4 Å². The van der Waals surface area contributed by atoms with Crippen molar-refractivity contribution in [2.75, 3.05) is 13.8 Å². The van der Waals surface area contributed by atoms with E-state index in [0.29, 0.717) is 5.06 Å². The molecule has 0 aromatic rings. The van der Waals surface area contributed by atoms with Crippen molar-refractivity contribution in [3.05, 3.63) is 12.0 Å². The molecule has 0 unspecified atom stereocenters. The van der Waals surface area contributed by atoms with E-state index in [4.69, 9.17) is 0 Å². The Balaban J connectivity index is 2.72. The summed E-state index contributed by atoms with van der Waals surface area (Å²) in [5.41, 5.74) is 0. The van der Waals surface area contributed by atoms with E-state index in [1.54, 1.807) is 5.32 Å². The second-order valence-electron chi connectivity index (χ2n) is 1.99. The smallest absolute Gasteiger partial charge is 0.273 e. The van der Waals surface area contributed by atoms with Gasteiger partial charge in [-0.3, -0.25) is 4.84 Å². The van der Waals surface area contributed by atoms with Gasteiger partial charge in [-0.25, -0.2) is 10.4 Å². The van der Waals surface area contributed by atoms with Gasteiger partial charge in [-0.05, 0) is 0 Å². The van der Waals surface area contributed by atoms with Gasteiger partial charge >= 0.3 is 6.05 Å². The number of rotatable bonds is 1. The summed E-state index contributed by atoms with van der Waals surface area (Å²) in [6.07, 6.45) is 0.153. The molecule has 0 aliphatic carbocycles. The average molecular weight is 168 g/mol. The summed E-state index contributed by atoms with van der Waals surface area (Å²) in [6.45, 7) is -0.369. The molecule has 3 nitrogen and oxygen atoms in total. The standard InChI is InChI=1S/C5H7F3N2O/c1-11-10-3-9-5(7,8)2-4(10)6/h2,9H,3H2,1H3. The Kier molecular flexibility index (Phi) is 2.05. The van der Waals surface area contributed by atoms with Crippen molar-refractivity contribution in [2.24, 2.45) is 0 Å². The molecule has 0 atom stereocenters. The number of alkyl halides is 2. The Morgan fingerprint density at radius 1 is 1.73 bits per heavy atom. The van der Waals surface area contributed by atoms with Crippen LogP contribution < -0.4 is 5.32 Å². The van der Waals surface area contributed by atoms with Gasteiger partial charge < -0.3 is 0 Å². The molecule has 0 aromatic carbocycles. The number of nitrogens with one attached hydrogen (secondary N) is 1. The molecular formula is C5H7F3N2O. The highest BCUT2D eigenvalue weighted by Crippen LogP contribution is 2.21. The predicted molar refractivity (Wildman–Crippen MR) is 31.0 cm³/mol. The van der Waals surface area contributed by atoms with Gasteiger partial charge in [-0.2, -0.15) is 13.2 Å². The number of halogens is 3. The lowest BCUT2D eigenvalue weighted by atomic mass is 10.4. The first-order valence-electron chi connectivity index (χ1n) is 2.88. The van der Waals surface area contributed by atoms with Crippen molar-refractivity contribution in [3.63, 3.8) is 0 Å². The van der Waals surface area contributed by atoms with Gasteiger partial charge in [0, 0.05) is 0 Å². The molecule has 0 saturated carbocycles. The molecule has 1 aliphatic rings. The van der Waals surface area contributed by atoms with Gasteiger partial charge in [0.2, 0.25) is 5.95 Å². The topological polar surface area (TPSA) is 24.5 Å². The summed E-state index contributed by atoms with van der Waals surface area (Å²) >= 11 is 0. The first kappa shape index (κ1) is 8.35. The Bertz CT molecular complexity index is 183. The van der Waals surface area contributed by atoms with Crippen LogP contribution >= 0.6 is 0 Å². The summed E-state index contributed by atoms with van der Waals surface area (Å²) in [4.78, 5) is 4.39. The molecule has 0 fully saturated rings. The highest BCUT2D eigenvalue weighted by atomic mass is 19.3.